The highest BCUT2D eigenvalue weighted by Crippen LogP contribution is 2.27. The zero-order valence-electron chi connectivity index (χ0n) is 10.6. The summed E-state index contributed by atoms with van der Waals surface area (Å²) in [6.45, 7) is 3.01. The van der Waals surface area contributed by atoms with Crippen LogP contribution < -0.4 is 0 Å². The second-order valence-corrected chi connectivity index (χ2v) is 4.81. The molecule has 1 N–H and O–H groups in total. The monoisotopic (exact) mass is 234 g/mol. The lowest BCUT2D eigenvalue weighted by atomic mass is 9.94. The standard InChI is InChI=1S/C14H22N2O/c1-2-10-16-13(8-9-15-16)14(17)11-12-6-4-3-5-7-12/h6,8-9,14,17H,2-5,7,10-11H2,1H3. The summed E-state index contributed by atoms with van der Waals surface area (Å²) >= 11 is 0. The number of aryl methyl sites for hydroxylation is 1. The molecule has 1 aromatic rings. The van der Waals surface area contributed by atoms with Gasteiger partial charge >= 0.3 is 0 Å². The number of rotatable bonds is 5. The van der Waals surface area contributed by atoms with Gasteiger partial charge in [-0.1, -0.05) is 18.6 Å². The van der Waals surface area contributed by atoms with Crippen molar-refractivity contribution in [3.63, 3.8) is 0 Å². The average Bonchev–Trinajstić information content (AvgIpc) is 2.79. The third-order valence-corrected chi connectivity index (χ3v) is 3.37. The zero-order valence-corrected chi connectivity index (χ0v) is 10.6. The van der Waals surface area contributed by atoms with Crippen LogP contribution in [-0.4, -0.2) is 14.9 Å². The number of hydrogen-bond donors (Lipinski definition) is 1. The Balaban J connectivity index is 2.00. The first-order valence-electron chi connectivity index (χ1n) is 6.69. The molecule has 2 rings (SSSR count). The SMILES string of the molecule is CCCn1nccc1C(O)CC1=CCCCC1. The van der Waals surface area contributed by atoms with Gasteiger partial charge in [-0.05, 0) is 44.6 Å². The number of aliphatic hydroxyl groups is 1. The van der Waals surface area contributed by atoms with Crippen LogP contribution in [0.1, 0.15) is 57.2 Å². The third-order valence-electron chi connectivity index (χ3n) is 3.37. The molecule has 3 heteroatoms. The van der Waals surface area contributed by atoms with E-state index in [9.17, 15) is 5.11 Å². The predicted molar refractivity (Wildman–Crippen MR) is 68.6 cm³/mol. The second kappa shape index (κ2) is 6.01. The summed E-state index contributed by atoms with van der Waals surface area (Å²) in [7, 11) is 0. The number of allylic oxidation sites excluding steroid dienone is 1. The molecule has 1 aliphatic carbocycles. The summed E-state index contributed by atoms with van der Waals surface area (Å²) in [5, 5.41) is 14.5. The molecule has 0 radical (unpaired) electrons. The lowest BCUT2D eigenvalue weighted by molar-refractivity contribution is 0.164. The van der Waals surface area contributed by atoms with Crippen molar-refractivity contribution in [1.29, 1.82) is 0 Å². The lowest BCUT2D eigenvalue weighted by Gasteiger charge is -2.17. The smallest absolute Gasteiger partial charge is 0.0993 e. The van der Waals surface area contributed by atoms with E-state index in [1.807, 2.05) is 10.7 Å². The molecule has 1 aliphatic rings. The molecule has 17 heavy (non-hydrogen) atoms. The van der Waals surface area contributed by atoms with E-state index in [0.29, 0.717) is 0 Å². The summed E-state index contributed by atoms with van der Waals surface area (Å²) in [5.74, 6) is 0. The van der Waals surface area contributed by atoms with Crippen molar-refractivity contribution in [2.75, 3.05) is 0 Å². The minimum atomic E-state index is -0.395. The Bertz CT molecular complexity index is 381. The highest BCUT2D eigenvalue weighted by molar-refractivity contribution is 5.12. The van der Waals surface area contributed by atoms with Crippen molar-refractivity contribution in [3.8, 4) is 0 Å². The minimum absolute atomic E-state index is 0.395. The van der Waals surface area contributed by atoms with Crippen molar-refractivity contribution < 1.29 is 5.11 Å². The Kier molecular flexibility index (Phi) is 4.37. The van der Waals surface area contributed by atoms with Gasteiger partial charge in [-0.3, -0.25) is 4.68 Å². The highest BCUT2D eigenvalue weighted by Gasteiger charge is 2.15. The van der Waals surface area contributed by atoms with Crippen LogP contribution in [0.5, 0.6) is 0 Å². The van der Waals surface area contributed by atoms with E-state index in [4.69, 9.17) is 0 Å². The van der Waals surface area contributed by atoms with Crippen LogP contribution in [0.15, 0.2) is 23.9 Å². The van der Waals surface area contributed by atoms with Gasteiger partial charge < -0.3 is 5.11 Å². The second-order valence-electron chi connectivity index (χ2n) is 4.81. The van der Waals surface area contributed by atoms with Gasteiger partial charge in [0.15, 0.2) is 0 Å². The van der Waals surface area contributed by atoms with Gasteiger partial charge in [0.05, 0.1) is 11.8 Å². The van der Waals surface area contributed by atoms with Crippen LogP contribution in [0.25, 0.3) is 0 Å². The summed E-state index contributed by atoms with van der Waals surface area (Å²) in [5.41, 5.74) is 2.37. The molecule has 0 fully saturated rings. The number of nitrogens with zero attached hydrogens (tertiary/aromatic N) is 2. The van der Waals surface area contributed by atoms with Crippen LogP contribution in [0.2, 0.25) is 0 Å². The first-order chi connectivity index (χ1) is 8.31. The van der Waals surface area contributed by atoms with Gasteiger partial charge in [0, 0.05) is 12.7 Å². The van der Waals surface area contributed by atoms with Crippen LogP contribution in [0.3, 0.4) is 0 Å². The molecule has 1 aromatic heterocycles. The van der Waals surface area contributed by atoms with Crippen molar-refractivity contribution in [2.24, 2.45) is 0 Å². The Morgan fingerprint density at radius 3 is 3.06 bits per heavy atom. The van der Waals surface area contributed by atoms with Gasteiger partial charge in [-0.25, -0.2) is 0 Å². The number of hydrogen-bond acceptors (Lipinski definition) is 2. The molecule has 0 saturated heterocycles. The molecule has 0 spiro atoms. The number of aromatic nitrogens is 2. The maximum absolute atomic E-state index is 10.3. The van der Waals surface area contributed by atoms with Gasteiger partial charge in [-0.2, -0.15) is 5.10 Å². The molecular weight excluding hydrogens is 212 g/mol. The molecular formula is C14H22N2O. The molecule has 0 amide bonds. The van der Waals surface area contributed by atoms with Gasteiger partial charge in [0.1, 0.15) is 0 Å². The summed E-state index contributed by atoms with van der Waals surface area (Å²) < 4.78 is 1.92. The topological polar surface area (TPSA) is 38.0 Å². The summed E-state index contributed by atoms with van der Waals surface area (Å²) in [4.78, 5) is 0. The van der Waals surface area contributed by atoms with Crippen LogP contribution in [0.4, 0.5) is 0 Å². The average molecular weight is 234 g/mol. The van der Waals surface area contributed by atoms with E-state index in [1.165, 1.54) is 24.8 Å². The molecule has 1 unspecified atom stereocenters. The van der Waals surface area contributed by atoms with E-state index in [2.05, 4.69) is 18.1 Å². The number of aliphatic hydroxyl groups excluding tert-OH is 1. The molecule has 3 nitrogen and oxygen atoms in total. The normalized spacial score (nSPS) is 17.9. The van der Waals surface area contributed by atoms with Crippen LogP contribution >= 0.6 is 0 Å². The fraction of sp³-hybridized carbons (Fsp3) is 0.643. The van der Waals surface area contributed by atoms with Crippen molar-refractivity contribution >= 4 is 0 Å². The quantitative estimate of drug-likeness (QED) is 0.794. The predicted octanol–water partition coefficient (Wildman–Crippen LogP) is 3.22. The van der Waals surface area contributed by atoms with Crippen LogP contribution in [0, 0.1) is 0 Å². The van der Waals surface area contributed by atoms with Crippen molar-refractivity contribution in [1.82, 2.24) is 9.78 Å². The van der Waals surface area contributed by atoms with Gasteiger partial charge in [0.25, 0.3) is 0 Å². The first-order valence-corrected chi connectivity index (χ1v) is 6.69. The maximum atomic E-state index is 10.3. The van der Waals surface area contributed by atoms with E-state index in [1.54, 1.807) is 6.20 Å². The Hall–Kier alpha value is -1.09. The Morgan fingerprint density at radius 1 is 1.47 bits per heavy atom. The Labute approximate surface area is 103 Å². The summed E-state index contributed by atoms with van der Waals surface area (Å²) in [6, 6.07) is 1.93. The largest absolute Gasteiger partial charge is 0.386 e. The summed E-state index contributed by atoms with van der Waals surface area (Å²) in [6.07, 6.45) is 10.4. The van der Waals surface area contributed by atoms with Crippen molar-refractivity contribution in [2.45, 2.75) is 58.1 Å². The van der Waals surface area contributed by atoms with Crippen molar-refractivity contribution in [3.05, 3.63) is 29.6 Å². The molecule has 94 valence electrons. The van der Waals surface area contributed by atoms with Gasteiger partial charge in [-0.15, -0.1) is 0 Å². The maximum Gasteiger partial charge on any atom is 0.0993 e. The fourth-order valence-electron chi connectivity index (χ4n) is 2.47. The molecule has 1 heterocycles. The van der Waals surface area contributed by atoms with E-state index in [-0.39, 0.29) is 0 Å². The molecule has 1 atom stereocenters. The Morgan fingerprint density at radius 2 is 2.35 bits per heavy atom. The zero-order chi connectivity index (χ0) is 12.1. The van der Waals surface area contributed by atoms with E-state index >= 15 is 0 Å². The highest BCUT2D eigenvalue weighted by atomic mass is 16.3. The fourth-order valence-corrected chi connectivity index (χ4v) is 2.47. The van der Waals surface area contributed by atoms with E-state index in [0.717, 1.165) is 31.5 Å². The van der Waals surface area contributed by atoms with Gasteiger partial charge in [0.2, 0.25) is 0 Å². The van der Waals surface area contributed by atoms with E-state index < -0.39 is 6.10 Å². The van der Waals surface area contributed by atoms with Crippen LogP contribution in [-0.2, 0) is 6.54 Å². The first kappa shape index (κ1) is 12.4. The lowest BCUT2D eigenvalue weighted by Crippen LogP contribution is -2.10. The molecule has 0 bridgehead atoms. The molecule has 0 aromatic carbocycles. The molecule has 0 aliphatic heterocycles. The minimum Gasteiger partial charge on any atom is -0.386 e. The molecule has 0 saturated carbocycles. The third kappa shape index (κ3) is 3.19.